The van der Waals surface area contributed by atoms with Crippen LogP contribution >= 0.6 is 0 Å². The minimum atomic E-state index is -0.240. The molecule has 5 heteroatoms. The Labute approximate surface area is 122 Å². The Hall–Kier alpha value is -1.36. The third-order valence-corrected chi connectivity index (χ3v) is 3.04. The maximum absolute atomic E-state index is 12.4. The van der Waals surface area contributed by atoms with Crippen LogP contribution in [-0.4, -0.2) is 41.6 Å². The molecule has 0 aliphatic heterocycles. The summed E-state index contributed by atoms with van der Waals surface area (Å²) in [6.45, 7) is 12.0. The molecule has 1 heterocycles. The molecule has 1 N–H and O–H groups in total. The second-order valence-electron chi connectivity index (χ2n) is 7.38. The highest BCUT2D eigenvalue weighted by molar-refractivity contribution is 5.31. The van der Waals surface area contributed by atoms with E-state index in [-0.39, 0.29) is 16.5 Å². The third kappa shape index (κ3) is 4.63. The van der Waals surface area contributed by atoms with Gasteiger partial charge in [-0.25, -0.2) is 4.98 Å². The van der Waals surface area contributed by atoms with Crippen LogP contribution in [-0.2, 0) is 5.54 Å². The van der Waals surface area contributed by atoms with Gasteiger partial charge < -0.3 is 14.8 Å². The number of anilines is 1. The van der Waals surface area contributed by atoms with Gasteiger partial charge in [0, 0.05) is 31.0 Å². The lowest BCUT2D eigenvalue weighted by Crippen LogP contribution is -2.38. The van der Waals surface area contributed by atoms with Crippen molar-refractivity contribution in [2.24, 2.45) is 5.41 Å². The number of nitrogens with one attached hydrogen (secondary N) is 1. The molecule has 1 aromatic heterocycles. The fraction of sp³-hybridized carbons (Fsp3) is 0.733. The molecule has 0 atom stereocenters. The summed E-state index contributed by atoms with van der Waals surface area (Å²) in [6, 6.07) is 0. The van der Waals surface area contributed by atoms with Crippen LogP contribution in [0.4, 0.5) is 5.82 Å². The van der Waals surface area contributed by atoms with Gasteiger partial charge in [0.15, 0.2) is 5.82 Å². The maximum atomic E-state index is 12.4. The maximum Gasteiger partial charge on any atom is 0.293 e. The third-order valence-electron chi connectivity index (χ3n) is 3.04. The van der Waals surface area contributed by atoms with Crippen LogP contribution in [0.25, 0.3) is 0 Å². The molecule has 0 spiro atoms. The van der Waals surface area contributed by atoms with E-state index in [0.717, 1.165) is 6.54 Å². The minimum absolute atomic E-state index is 0.0688. The molecule has 0 bridgehead atoms. The largest absolute Gasteiger partial charge is 0.365 e. The van der Waals surface area contributed by atoms with Crippen molar-refractivity contribution in [3.8, 4) is 0 Å². The van der Waals surface area contributed by atoms with Gasteiger partial charge in [-0.1, -0.05) is 13.8 Å². The van der Waals surface area contributed by atoms with Gasteiger partial charge in [0.25, 0.3) is 5.56 Å². The zero-order valence-corrected chi connectivity index (χ0v) is 13.8. The van der Waals surface area contributed by atoms with Crippen LogP contribution in [0, 0.1) is 5.41 Å². The molecule has 1 rings (SSSR count). The molecule has 0 unspecified atom stereocenters. The predicted molar refractivity (Wildman–Crippen MR) is 84.3 cm³/mol. The topological polar surface area (TPSA) is 50.2 Å². The first-order valence-corrected chi connectivity index (χ1v) is 7.00. The van der Waals surface area contributed by atoms with Crippen molar-refractivity contribution in [2.75, 3.05) is 32.5 Å². The molecule has 1 aromatic rings. The lowest BCUT2D eigenvalue weighted by atomic mass is 9.93. The molecule has 0 aromatic carbocycles. The van der Waals surface area contributed by atoms with Crippen molar-refractivity contribution in [2.45, 2.75) is 40.2 Å². The minimum Gasteiger partial charge on any atom is -0.365 e. The molecule has 5 nitrogen and oxygen atoms in total. The summed E-state index contributed by atoms with van der Waals surface area (Å²) in [6.07, 6.45) is 3.41. The summed E-state index contributed by atoms with van der Waals surface area (Å²) in [5, 5.41) is 3.20. The van der Waals surface area contributed by atoms with Crippen molar-refractivity contribution in [1.82, 2.24) is 14.5 Å². The summed E-state index contributed by atoms with van der Waals surface area (Å²) >= 11 is 0. The van der Waals surface area contributed by atoms with Crippen LogP contribution in [0.1, 0.15) is 34.6 Å². The summed E-state index contributed by atoms with van der Waals surface area (Å²) in [4.78, 5) is 18.7. The quantitative estimate of drug-likeness (QED) is 0.896. The first-order valence-electron chi connectivity index (χ1n) is 7.00. The van der Waals surface area contributed by atoms with E-state index in [9.17, 15) is 4.79 Å². The Bertz CT molecular complexity index is 497. The molecule has 114 valence electrons. The Morgan fingerprint density at radius 2 is 1.85 bits per heavy atom. The SMILES string of the molecule is CN(C)CC(C)(C)CNc1nccn(C(C)(C)C)c1=O. The lowest BCUT2D eigenvalue weighted by Gasteiger charge is -2.29. The van der Waals surface area contributed by atoms with Crippen molar-refractivity contribution in [1.29, 1.82) is 0 Å². The molecule has 0 aliphatic carbocycles. The van der Waals surface area contributed by atoms with Crippen molar-refractivity contribution in [3.63, 3.8) is 0 Å². The van der Waals surface area contributed by atoms with E-state index < -0.39 is 0 Å². The lowest BCUT2D eigenvalue weighted by molar-refractivity contribution is 0.254. The molecular formula is C15H28N4O. The number of rotatable bonds is 5. The van der Waals surface area contributed by atoms with Crippen LogP contribution < -0.4 is 10.9 Å². The van der Waals surface area contributed by atoms with Crippen LogP contribution in [0.5, 0.6) is 0 Å². The van der Waals surface area contributed by atoms with E-state index in [4.69, 9.17) is 0 Å². The second kappa shape index (κ2) is 5.95. The Morgan fingerprint density at radius 3 is 2.35 bits per heavy atom. The van der Waals surface area contributed by atoms with Gasteiger partial charge in [-0.05, 0) is 40.3 Å². The zero-order valence-electron chi connectivity index (χ0n) is 13.8. The van der Waals surface area contributed by atoms with Gasteiger partial charge in [0.1, 0.15) is 0 Å². The van der Waals surface area contributed by atoms with Gasteiger partial charge in [-0.2, -0.15) is 0 Å². The first kappa shape index (κ1) is 16.7. The Morgan fingerprint density at radius 1 is 1.25 bits per heavy atom. The number of hydrogen-bond donors (Lipinski definition) is 1. The highest BCUT2D eigenvalue weighted by atomic mass is 16.1. The van der Waals surface area contributed by atoms with Crippen LogP contribution in [0.2, 0.25) is 0 Å². The fourth-order valence-electron chi connectivity index (χ4n) is 2.30. The zero-order chi connectivity index (χ0) is 15.6. The van der Waals surface area contributed by atoms with Gasteiger partial charge in [-0.15, -0.1) is 0 Å². The van der Waals surface area contributed by atoms with Gasteiger partial charge in [0.2, 0.25) is 0 Å². The summed E-state index contributed by atoms with van der Waals surface area (Å²) in [5.41, 5.74) is -0.240. The molecule has 0 fully saturated rings. The number of hydrogen-bond acceptors (Lipinski definition) is 4. The smallest absolute Gasteiger partial charge is 0.293 e. The van der Waals surface area contributed by atoms with E-state index in [1.54, 1.807) is 17.0 Å². The molecule has 0 saturated heterocycles. The summed E-state index contributed by atoms with van der Waals surface area (Å²) < 4.78 is 1.71. The highest BCUT2D eigenvalue weighted by Gasteiger charge is 2.21. The molecule has 0 radical (unpaired) electrons. The Kier molecular flexibility index (Phi) is 4.97. The van der Waals surface area contributed by atoms with Gasteiger partial charge in [0.05, 0.1) is 0 Å². The van der Waals surface area contributed by atoms with E-state index >= 15 is 0 Å². The molecular weight excluding hydrogens is 252 g/mol. The van der Waals surface area contributed by atoms with Crippen molar-refractivity contribution >= 4 is 5.82 Å². The van der Waals surface area contributed by atoms with Crippen molar-refractivity contribution < 1.29 is 0 Å². The van der Waals surface area contributed by atoms with Crippen LogP contribution in [0.15, 0.2) is 17.2 Å². The standard InChI is InChI=1S/C15H28N4O/c1-14(2,3)19-9-8-16-12(13(19)20)17-10-15(4,5)11-18(6)7/h8-9H,10-11H2,1-7H3,(H,16,17). The van der Waals surface area contributed by atoms with E-state index in [2.05, 4.69) is 43.1 Å². The van der Waals surface area contributed by atoms with E-state index in [1.807, 2.05) is 20.8 Å². The molecule has 0 amide bonds. The molecule has 20 heavy (non-hydrogen) atoms. The van der Waals surface area contributed by atoms with Crippen molar-refractivity contribution in [3.05, 3.63) is 22.7 Å². The van der Waals surface area contributed by atoms with Gasteiger partial charge in [-0.3, -0.25) is 4.79 Å². The van der Waals surface area contributed by atoms with Crippen LogP contribution in [0.3, 0.4) is 0 Å². The summed E-state index contributed by atoms with van der Waals surface area (Å²) in [5.74, 6) is 0.425. The van der Waals surface area contributed by atoms with E-state index in [0.29, 0.717) is 12.4 Å². The summed E-state index contributed by atoms with van der Waals surface area (Å²) in [7, 11) is 4.10. The number of nitrogens with zero attached hydrogens (tertiary/aromatic N) is 3. The predicted octanol–water partition coefficient (Wildman–Crippen LogP) is 2.00. The average molecular weight is 280 g/mol. The second-order valence-corrected chi connectivity index (χ2v) is 7.38. The monoisotopic (exact) mass is 280 g/mol. The molecule has 0 aliphatic rings. The highest BCUT2D eigenvalue weighted by Crippen LogP contribution is 2.16. The first-order chi connectivity index (χ1) is 9.03. The molecule has 0 saturated carbocycles. The average Bonchev–Trinajstić information content (AvgIpc) is 2.24. The fourth-order valence-corrected chi connectivity index (χ4v) is 2.30. The van der Waals surface area contributed by atoms with Gasteiger partial charge >= 0.3 is 0 Å². The van der Waals surface area contributed by atoms with E-state index in [1.165, 1.54) is 0 Å². The normalized spacial score (nSPS) is 12.8. The number of aromatic nitrogens is 2. The Balaban J connectivity index is 2.88.